The molecule has 4 N–H and O–H groups in total. The van der Waals surface area contributed by atoms with Crippen LogP contribution < -0.4 is 10.6 Å². The molecule has 10 bridgehead atoms. The Morgan fingerprint density at radius 2 is 1.58 bits per heavy atom. The predicted molar refractivity (Wildman–Crippen MR) is 123 cm³/mol. The van der Waals surface area contributed by atoms with Crippen molar-refractivity contribution >= 4 is 63.5 Å². The molecule has 5 aliphatic heterocycles. The van der Waals surface area contributed by atoms with Crippen molar-refractivity contribution in [1.82, 2.24) is 9.97 Å². The van der Waals surface area contributed by atoms with Gasteiger partial charge in [-0.1, -0.05) is 23.9 Å². The van der Waals surface area contributed by atoms with Crippen molar-refractivity contribution in [3.8, 4) is 0 Å². The molecule has 2 aromatic rings. The van der Waals surface area contributed by atoms with Gasteiger partial charge in [-0.2, -0.15) is 0 Å². The number of rotatable bonds is 0. The van der Waals surface area contributed by atoms with E-state index in [2.05, 4.69) is 31.7 Å². The summed E-state index contributed by atoms with van der Waals surface area (Å²) in [5.74, 6) is 5.02. The lowest BCUT2D eigenvalue weighted by molar-refractivity contribution is -0.112. The third-order valence-electron chi connectivity index (χ3n) is 5.52. The third kappa shape index (κ3) is 2.61. The Morgan fingerprint density at radius 1 is 0.774 bits per heavy atom. The van der Waals surface area contributed by atoms with E-state index in [1.165, 1.54) is 11.8 Å². The zero-order valence-corrected chi connectivity index (χ0v) is 16.7. The number of thioether (sulfide) groups is 1. The first kappa shape index (κ1) is 16.8. The van der Waals surface area contributed by atoms with Gasteiger partial charge in [0.2, 0.25) is 5.12 Å². The number of carbonyl (C=O) groups excluding carboxylic acids is 1. The van der Waals surface area contributed by atoms with Gasteiger partial charge in [-0.3, -0.25) is 4.79 Å². The van der Waals surface area contributed by atoms with Gasteiger partial charge in [-0.15, -0.1) is 0 Å². The summed E-state index contributed by atoms with van der Waals surface area (Å²) >= 11 is 1.32. The minimum absolute atomic E-state index is 0.102. The van der Waals surface area contributed by atoms with E-state index >= 15 is 0 Å². The van der Waals surface area contributed by atoms with Crippen molar-refractivity contribution in [2.75, 3.05) is 10.6 Å². The molecule has 10 heteroatoms. The van der Waals surface area contributed by atoms with Gasteiger partial charge in [0.1, 0.15) is 29.1 Å². The quantitative estimate of drug-likeness (QED) is 0.482. The maximum atomic E-state index is 12.6. The minimum atomic E-state index is -0.350. The molecule has 6 aliphatic rings. The summed E-state index contributed by atoms with van der Waals surface area (Å²) in [5, 5.41) is 6.55. The molecule has 31 heavy (non-hydrogen) atoms. The lowest BCUT2D eigenvalue weighted by Gasteiger charge is -2.30. The number of aromatic nitrogens is 2. The van der Waals surface area contributed by atoms with Crippen LogP contribution >= 0.6 is 11.8 Å². The van der Waals surface area contributed by atoms with Crippen LogP contribution in [-0.4, -0.2) is 43.7 Å². The van der Waals surface area contributed by atoms with Crippen molar-refractivity contribution in [2.45, 2.75) is 5.25 Å². The molecule has 150 valence electrons. The second-order valence-corrected chi connectivity index (χ2v) is 8.66. The van der Waals surface area contributed by atoms with Crippen LogP contribution in [0.3, 0.4) is 0 Å². The molecule has 0 saturated heterocycles. The fourth-order valence-electron chi connectivity index (χ4n) is 4.17. The number of aliphatic imine (C=N–C) groups is 4. The summed E-state index contributed by atoms with van der Waals surface area (Å²) in [6, 6.07) is 7.64. The molecular formula is C21H14N8OS. The van der Waals surface area contributed by atoms with Crippen molar-refractivity contribution in [2.24, 2.45) is 25.9 Å². The van der Waals surface area contributed by atoms with Crippen LogP contribution in [0, 0.1) is 5.92 Å². The highest BCUT2D eigenvalue weighted by atomic mass is 32.2. The second-order valence-electron chi connectivity index (χ2n) is 7.51. The van der Waals surface area contributed by atoms with Crippen LogP contribution in [0.15, 0.2) is 79.7 Å². The average molecular weight is 426 g/mol. The summed E-state index contributed by atoms with van der Waals surface area (Å²) in [6.07, 6.45) is 7.71. The normalized spacial score (nSPS) is 25.0. The molecule has 0 fully saturated rings. The van der Waals surface area contributed by atoms with Crippen LogP contribution in [0.25, 0.3) is 0 Å². The van der Waals surface area contributed by atoms with Crippen LogP contribution in [0.5, 0.6) is 0 Å². The highest BCUT2D eigenvalue weighted by Crippen LogP contribution is 2.46. The lowest BCUT2D eigenvalue weighted by Crippen LogP contribution is -2.31. The number of nitrogens with zero attached hydrogens (tertiary/aromatic N) is 4. The number of carbonyl (C=O) groups is 1. The average Bonchev–Trinajstić information content (AvgIpc) is 3.53. The number of hydrogen-bond acceptors (Lipinski definition) is 8. The van der Waals surface area contributed by atoms with Gasteiger partial charge in [-0.05, 0) is 36.4 Å². The molecule has 8 rings (SSSR count). The number of anilines is 3. The molecule has 0 radical (unpaired) electrons. The molecule has 7 heterocycles. The largest absolute Gasteiger partial charge is 0.328 e. The molecular weight excluding hydrogens is 412 g/mol. The standard InChI is InChI=1S/C21H14N8OS/c30-21-9-1-2-10(31-21)18-17(9)19-27-15-7-5-13(25-15)23-11-3-4-12(22-11)24-14-6-8-16(26-14)28-20(18)29-19/h1-10,22-23,25H,(H,24,26,27,28,29)/t9-,10?/m0/s1. The zero-order valence-electron chi connectivity index (χ0n) is 15.9. The SMILES string of the molecule is O=C1SC2C=C[C@H]1C1=C2C2=NC1=Nc1ccc([nH]1)Nc1ccc([nH]1)NC1=NC(=N2)C=C1. The van der Waals surface area contributed by atoms with Crippen molar-refractivity contribution in [3.05, 3.63) is 59.7 Å². The number of allylic oxidation sites excluding steroid dienone is 1. The van der Waals surface area contributed by atoms with Crippen molar-refractivity contribution < 1.29 is 4.79 Å². The Labute approximate surface area is 180 Å². The molecule has 0 aromatic carbocycles. The number of nitrogens with one attached hydrogen (secondary N) is 4. The summed E-state index contributed by atoms with van der Waals surface area (Å²) in [4.78, 5) is 37.8. The first-order valence-electron chi connectivity index (χ1n) is 9.78. The van der Waals surface area contributed by atoms with Crippen molar-refractivity contribution in [1.29, 1.82) is 0 Å². The zero-order chi connectivity index (χ0) is 20.5. The van der Waals surface area contributed by atoms with Crippen molar-refractivity contribution in [3.63, 3.8) is 0 Å². The minimum Gasteiger partial charge on any atom is -0.328 e. The van der Waals surface area contributed by atoms with Gasteiger partial charge in [0, 0.05) is 11.1 Å². The second kappa shape index (κ2) is 6.05. The Balaban J connectivity index is 1.41. The molecule has 1 unspecified atom stereocenters. The fraction of sp³-hybridized carbons (Fsp3) is 0.0952. The number of H-pyrrole nitrogens is 2. The highest BCUT2D eigenvalue weighted by molar-refractivity contribution is 8.14. The molecule has 9 nitrogen and oxygen atoms in total. The number of fused-ring (bicyclic) bond motifs is 7. The van der Waals surface area contributed by atoms with Gasteiger partial charge in [0.15, 0.2) is 17.5 Å². The molecule has 0 spiro atoms. The lowest BCUT2D eigenvalue weighted by atomic mass is 9.87. The Morgan fingerprint density at radius 3 is 2.48 bits per heavy atom. The smallest absolute Gasteiger partial charge is 0.201 e. The monoisotopic (exact) mass is 426 g/mol. The van der Waals surface area contributed by atoms with E-state index in [9.17, 15) is 4.79 Å². The van der Waals surface area contributed by atoms with E-state index in [0.717, 1.165) is 28.6 Å². The molecule has 1 aliphatic carbocycles. The summed E-state index contributed by atoms with van der Waals surface area (Å²) in [7, 11) is 0. The van der Waals surface area contributed by atoms with Crippen LogP contribution in [0.4, 0.5) is 23.3 Å². The van der Waals surface area contributed by atoms with Crippen LogP contribution in [0.1, 0.15) is 0 Å². The third-order valence-corrected chi connectivity index (χ3v) is 6.65. The Hall–Kier alpha value is -3.92. The Bertz CT molecular complexity index is 1400. The molecule has 0 amide bonds. The first-order chi connectivity index (χ1) is 15.2. The predicted octanol–water partition coefficient (Wildman–Crippen LogP) is 3.45. The van der Waals surface area contributed by atoms with Gasteiger partial charge < -0.3 is 20.6 Å². The van der Waals surface area contributed by atoms with E-state index in [1.54, 1.807) is 0 Å². The number of amidine groups is 4. The van der Waals surface area contributed by atoms with E-state index in [-0.39, 0.29) is 16.3 Å². The van der Waals surface area contributed by atoms with Gasteiger partial charge in [-0.25, -0.2) is 20.0 Å². The number of aromatic amines is 2. The topological polar surface area (TPSA) is 122 Å². The number of hydrogen-bond donors (Lipinski definition) is 4. The first-order valence-corrected chi connectivity index (χ1v) is 10.7. The van der Waals surface area contributed by atoms with Crippen LogP contribution in [0.2, 0.25) is 0 Å². The highest BCUT2D eigenvalue weighted by Gasteiger charge is 2.45. The van der Waals surface area contributed by atoms with Gasteiger partial charge >= 0.3 is 0 Å². The van der Waals surface area contributed by atoms with Crippen LogP contribution in [-0.2, 0) is 4.79 Å². The van der Waals surface area contributed by atoms with E-state index < -0.39 is 0 Å². The molecule has 0 saturated carbocycles. The maximum absolute atomic E-state index is 12.6. The maximum Gasteiger partial charge on any atom is 0.201 e. The Kier molecular flexibility index (Phi) is 3.28. The fourth-order valence-corrected chi connectivity index (χ4v) is 5.28. The van der Waals surface area contributed by atoms with Gasteiger partial charge in [0.25, 0.3) is 0 Å². The summed E-state index contributed by atoms with van der Waals surface area (Å²) in [6.45, 7) is 0. The van der Waals surface area contributed by atoms with E-state index in [0.29, 0.717) is 29.2 Å². The van der Waals surface area contributed by atoms with Gasteiger partial charge in [0.05, 0.1) is 11.2 Å². The molecule has 2 aromatic heterocycles. The summed E-state index contributed by atoms with van der Waals surface area (Å²) in [5.41, 5.74) is 1.80. The van der Waals surface area contributed by atoms with E-state index in [4.69, 9.17) is 15.0 Å². The van der Waals surface area contributed by atoms with E-state index in [1.807, 2.05) is 42.5 Å². The summed E-state index contributed by atoms with van der Waals surface area (Å²) < 4.78 is 0. The molecule has 2 atom stereocenters.